The zero-order valence-electron chi connectivity index (χ0n) is 16.0. The molecule has 0 bridgehead atoms. The van der Waals surface area contributed by atoms with E-state index < -0.39 is 0 Å². The van der Waals surface area contributed by atoms with Crippen LogP contribution in [-0.2, 0) is 13.1 Å². The number of rotatable bonds is 5. The molecule has 2 aliphatic heterocycles. The number of hydrogen-bond donors (Lipinski definition) is 0. The summed E-state index contributed by atoms with van der Waals surface area (Å²) in [6.45, 7) is 7.01. The molecule has 2 aliphatic rings. The number of amides is 2. The molecular formula is C21H26N4O2. The van der Waals surface area contributed by atoms with Crippen LogP contribution in [0.4, 0.5) is 4.79 Å². The number of hydrogen-bond acceptors (Lipinski definition) is 4. The van der Waals surface area contributed by atoms with E-state index in [0.29, 0.717) is 12.4 Å². The molecule has 3 heterocycles. The molecule has 27 heavy (non-hydrogen) atoms. The number of ether oxygens (including phenoxy) is 1. The van der Waals surface area contributed by atoms with Gasteiger partial charge in [-0.3, -0.25) is 4.90 Å². The molecule has 4 rings (SSSR count). The lowest BCUT2D eigenvalue weighted by molar-refractivity contribution is 0.116. The number of aromatic nitrogens is 1. The number of aryl methyl sites for hydroxylation is 1. The maximum atomic E-state index is 12.8. The number of carbonyl (C=O) groups is 1. The van der Waals surface area contributed by atoms with Gasteiger partial charge in [-0.05, 0) is 18.1 Å². The summed E-state index contributed by atoms with van der Waals surface area (Å²) in [6.07, 6.45) is 1.87. The Kier molecular flexibility index (Phi) is 4.99. The molecule has 2 saturated heterocycles. The van der Waals surface area contributed by atoms with E-state index in [0.717, 1.165) is 32.7 Å². The molecule has 0 unspecified atom stereocenters. The van der Waals surface area contributed by atoms with Crippen molar-refractivity contribution in [2.24, 2.45) is 0 Å². The summed E-state index contributed by atoms with van der Waals surface area (Å²) >= 11 is 0. The van der Waals surface area contributed by atoms with Crippen molar-refractivity contribution < 1.29 is 9.53 Å². The summed E-state index contributed by atoms with van der Waals surface area (Å²) in [7, 11) is 1.63. The fourth-order valence-corrected chi connectivity index (χ4v) is 3.91. The molecule has 2 amide bonds. The van der Waals surface area contributed by atoms with E-state index in [1.165, 1.54) is 16.7 Å². The first-order valence-electron chi connectivity index (χ1n) is 9.45. The molecule has 0 aliphatic carbocycles. The van der Waals surface area contributed by atoms with Gasteiger partial charge >= 0.3 is 6.03 Å². The van der Waals surface area contributed by atoms with E-state index in [4.69, 9.17) is 4.74 Å². The molecule has 142 valence electrons. The Morgan fingerprint density at radius 3 is 2.52 bits per heavy atom. The molecule has 1 atom stereocenters. The van der Waals surface area contributed by atoms with Crippen LogP contribution in [0.3, 0.4) is 0 Å². The van der Waals surface area contributed by atoms with Gasteiger partial charge in [0.25, 0.3) is 0 Å². The van der Waals surface area contributed by atoms with Gasteiger partial charge in [0.2, 0.25) is 5.88 Å². The Morgan fingerprint density at radius 1 is 1.04 bits per heavy atom. The van der Waals surface area contributed by atoms with E-state index in [2.05, 4.69) is 47.1 Å². The maximum absolute atomic E-state index is 12.8. The Bertz CT molecular complexity index is 791. The van der Waals surface area contributed by atoms with E-state index >= 15 is 0 Å². The Hall–Kier alpha value is -2.60. The van der Waals surface area contributed by atoms with Crippen LogP contribution < -0.4 is 4.74 Å². The molecule has 0 spiro atoms. The number of methoxy groups -OCH3 is 1. The van der Waals surface area contributed by atoms with Crippen LogP contribution in [0.15, 0.2) is 42.6 Å². The van der Waals surface area contributed by atoms with Crippen molar-refractivity contribution in [2.45, 2.75) is 26.1 Å². The lowest BCUT2D eigenvalue weighted by Crippen LogP contribution is -2.51. The van der Waals surface area contributed by atoms with Gasteiger partial charge in [-0.25, -0.2) is 9.78 Å². The second kappa shape index (κ2) is 7.56. The van der Waals surface area contributed by atoms with E-state index in [-0.39, 0.29) is 12.1 Å². The van der Waals surface area contributed by atoms with Crippen LogP contribution in [0.5, 0.6) is 5.88 Å². The highest BCUT2D eigenvalue weighted by molar-refractivity contribution is 5.77. The van der Waals surface area contributed by atoms with E-state index in [9.17, 15) is 4.79 Å². The normalized spacial score (nSPS) is 20.1. The number of urea groups is 1. The fraction of sp³-hybridized carbons (Fsp3) is 0.429. The van der Waals surface area contributed by atoms with Crippen LogP contribution in [0.1, 0.15) is 16.7 Å². The summed E-state index contributed by atoms with van der Waals surface area (Å²) in [4.78, 5) is 23.5. The summed E-state index contributed by atoms with van der Waals surface area (Å²) in [6, 6.07) is 12.8. The first-order chi connectivity index (χ1) is 13.1. The van der Waals surface area contributed by atoms with Crippen LogP contribution in [-0.4, -0.2) is 65.0 Å². The quantitative estimate of drug-likeness (QED) is 0.816. The van der Waals surface area contributed by atoms with Crippen LogP contribution in [0, 0.1) is 6.92 Å². The highest BCUT2D eigenvalue weighted by Crippen LogP contribution is 2.23. The fourth-order valence-electron chi connectivity index (χ4n) is 3.91. The number of pyridine rings is 1. The molecule has 1 aromatic heterocycles. The van der Waals surface area contributed by atoms with Crippen molar-refractivity contribution in [3.05, 3.63) is 59.3 Å². The van der Waals surface area contributed by atoms with Crippen LogP contribution in [0.2, 0.25) is 0 Å². The largest absolute Gasteiger partial charge is 0.481 e. The predicted octanol–water partition coefficient (Wildman–Crippen LogP) is 2.52. The summed E-state index contributed by atoms with van der Waals surface area (Å²) in [5.74, 6) is 0.636. The lowest BCUT2D eigenvalue weighted by atomic mass is 10.1. The van der Waals surface area contributed by atoms with Crippen molar-refractivity contribution >= 4 is 6.03 Å². The first-order valence-corrected chi connectivity index (χ1v) is 9.45. The van der Waals surface area contributed by atoms with Gasteiger partial charge in [-0.15, -0.1) is 0 Å². The second-order valence-electron chi connectivity index (χ2n) is 7.44. The number of carbonyl (C=O) groups excluding carboxylic acids is 1. The minimum Gasteiger partial charge on any atom is -0.481 e. The van der Waals surface area contributed by atoms with Gasteiger partial charge in [0.05, 0.1) is 13.2 Å². The smallest absolute Gasteiger partial charge is 0.320 e. The first kappa shape index (κ1) is 17.8. The Balaban J connectivity index is 1.36. The van der Waals surface area contributed by atoms with Gasteiger partial charge in [-0.1, -0.05) is 35.9 Å². The van der Waals surface area contributed by atoms with Crippen molar-refractivity contribution in [3.8, 4) is 5.88 Å². The minimum atomic E-state index is 0.173. The van der Waals surface area contributed by atoms with E-state index in [1.54, 1.807) is 7.11 Å². The standard InChI is InChI=1S/C21H26N4O2/c1-16-3-5-17(6-4-16)13-24-15-19-14-23(9-10-25(19)21(24)26)12-18-7-8-20(27-2)22-11-18/h3-8,11,19H,9-10,12-15H2,1-2H3/t19-/m1/s1. The zero-order chi connectivity index (χ0) is 18.8. The van der Waals surface area contributed by atoms with Crippen molar-refractivity contribution in [2.75, 3.05) is 33.3 Å². The molecule has 6 heteroatoms. The Labute approximate surface area is 160 Å². The molecule has 0 saturated carbocycles. The average Bonchev–Trinajstić information content (AvgIpc) is 2.99. The third kappa shape index (κ3) is 3.90. The summed E-state index contributed by atoms with van der Waals surface area (Å²) in [5.41, 5.74) is 3.60. The van der Waals surface area contributed by atoms with Gasteiger partial charge in [0.1, 0.15) is 0 Å². The number of fused-ring (bicyclic) bond motifs is 1. The van der Waals surface area contributed by atoms with Crippen molar-refractivity contribution in [1.29, 1.82) is 0 Å². The second-order valence-corrected chi connectivity index (χ2v) is 7.44. The highest BCUT2D eigenvalue weighted by Gasteiger charge is 2.40. The molecular weight excluding hydrogens is 340 g/mol. The number of nitrogens with zero attached hydrogens (tertiary/aromatic N) is 4. The van der Waals surface area contributed by atoms with Gasteiger partial charge in [0.15, 0.2) is 0 Å². The monoisotopic (exact) mass is 366 g/mol. The molecule has 2 aromatic rings. The van der Waals surface area contributed by atoms with Gasteiger partial charge < -0.3 is 14.5 Å². The minimum absolute atomic E-state index is 0.173. The SMILES string of the molecule is COc1ccc(CN2CCN3C(=O)N(Cc4ccc(C)cc4)C[C@H]3C2)cn1. The van der Waals surface area contributed by atoms with E-state index in [1.807, 2.05) is 22.1 Å². The lowest BCUT2D eigenvalue weighted by Gasteiger charge is -2.36. The summed E-state index contributed by atoms with van der Waals surface area (Å²) < 4.78 is 5.12. The summed E-state index contributed by atoms with van der Waals surface area (Å²) in [5, 5.41) is 0. The molecule has 2 fully saturated rings. The predicted molar refractivity (Wildman–Crippen MR) is 104 cm³/mol. The Morgan fingerprint density at radius 2 is 1.81 bits per heavy atom. The zero-order valence-corrected chi connectivity index (χ0v) is 16.0. The topological polar surface area (TPSA) is 48.9 Å². The molecule has 1 aromatic carbocycles. The van der Waals surface area contributed by atoms with Crippen LogP contribution >= 0.6 is 0 Å². The molecule has 6 nitrogen and oxygen atoms in total. The number of piperazine rings is 1. The van der Waals surface area contributed by atoms with Gasteiger partial charge in [-0.2, -0.15) is 0 Å². The maximum Gasteiger partial charge on any atom is 0.320 e. The third-order valence-electron chi connectivity index (χ3n) is 5.42. The number of benzene rings is 1. The van der Waals surface area contributed by atoms with Crippen LogP contribution in [0.25, 0.3) is 0 Å². The van der Waals surface area contributed by atoms with Crippen molar-refractivity contribution in [1.82, 2.24) is 19.7 Å². The third-order valence-corrected chi connectivity index (χ3v) is 5.42. The molecule has 0 radical (unpaired) electrons. The average molecular weight is 366 g/mol. The highest BCUT2D eigenvalue weighted by atomic mass is 16.5. The molecule has 0 N–H and O–H groups in total. The van der Waals surface area contributed by atoms with Gasteiger partial charge in [0, 0.05) is 51.5 Å². The van der Waals surface area contributed by atoms with Crippen molar-refractivity contribution in [3.63, 3.8) is 0 Å².